The van der Waals surface area contributed by atoms with Crippen LogP contribution in [0.5, 0.6) is 0 Å². The Balaban J connectivity index is 1.77. The fourth-order valence-electron chi connectivity index (χ4n) is 2.66. The van der Waals surface area contributed by atoms with Gasteiger partial charge in [-0.1, -0.05) is 12.8 Å². The molecule has 0 saturated carbocycles. The first kappa shape index (κ1) is 11.7. The van der Waals surface area contributed by atoms with Crippen molar-refractivity contribution in [2.45, 2.75) is 32.2 Å². The number of nitrogens with zero attached hydrogens (tertiary/aromatic N) is 1. The Hall–Kier alpha value is -1.35. The van der Waals surface area contributed by atoms with Crippen molar-refractivity contribution in [3.8, 4) is 0 Å². The smallest absolute Gasteiger partial charge is 0.134 e. The van der Waals surface area contributed by atoms with Crippen LogP contribution in [0.4, 0.5) is 4.39 Å². The van der Waals surface area contributed by atoms with Crippen molar-refractivity contribution in [2.24, 2.45) is 0 Å². The Labute approximate surface area is 106 Å². The molecule has 0 radical (unpaired) electrons. The zero-order valence-electron chi connectivity index (χ0n) is 10.5. The highest BCUT2D eigenvalue weighted by Crippen LogP contribution is 2.22. The fraction of sp³-hybridized carbons (Fsp3) is 0.467. The minimum Gasteiger partial charge on any atom is -0.460 e. The molecule has 18 heavy (non-hydrogen) atoms. The van der Waals surface area contributed by atoms with E-state index in [4.69, 9.17) is 4.42 Å². The van der Waals surface area contributed by atoms with E-state index in [9.17, 15) is 4.39 Å². The molecule has 0 bridgehead atoms. The van der Waals surface area contributed by atoms with Crippen molar-refractivity contribution in [3.05, 3.63) is 35.8 Å². The highest BCUT2D eigenvalue weighted by atomic mass is 19.1. The second kappa shape index (κ2) is 5.11. The normalized spacial score (nSPS) is 18.1. The molecule has 3 heteroatoms. The van der Waals surface area contributed by atoms with E-state index >= 15 is 0 Å². The molecule has 1 aliphatic rings. The van der Waals surface area contributed by atoms with Gasteiger partial charge < -0.3 is 4.42 Å². The van der Waals surface area contributed by atoms with E-state index in [0.717, 1.165) is 36.4 Å². The standard InChI is InChI=1S/C15H18FNO/c16-13-5-6-15-12(9-13)10-14(18-15)11-17-7-3-1-2-4-8-17/h5-6,9-10H,1-4,7-8,11H2. The van der Waals surface area contributed by atoms with E-state index in [0.29, 0.717) is 0 Å². The monoisotopic (exact) mass is 247 g/mol. The minimum atomic E-state index is -0.204. The number of rotatable bonds is 2. The van der Waals surface area contributed by atoms with Crippen molar-refractivity contribution in [2.75, 3.05) is 13.1 Å². The third-order valence-corrected chi connectivity index (χ3v) is 3.61. The van der Waals surface area contributed by atoms with Crippen molar-refractivity contribution in [3.63, 3.8) is 0 Å². The first-order valence-corrected chi connectivity index (χ1v) is 6.71. The van der Waals surface area contributed by atoms with Crippen LogP contribution in [-0.2, 0) is 6.54 Å². The summed E-state index contributed by atoms with van der Waals surface area (Å²) in [5, 5.41) is 0.861. The number of halogens is 1. The average molecular weight is 247 g/mol. The maximum absolute atomic E-state index is 13.1. The fourth-order valence-corrected chi connectivity index (χ4v) is 2.66. The summed E-state index contributed by atoms with van der Waals surface area (Å²) in [6.45, 7) is 3.13. The Morgan fingerprint density at radius 1 is 1.06 bits per heavy atom. The molecule has 2 nitrogen and oxygen atoms in total. The molecule has 1 fully saturated rings. The van der Waals surface area contributed by atoms with Crippen LogP contribution in [0.2, 0.25) is 0 Å². The van der Waals surface area contributed by atoms with Crippen LogP contribution >= 0.6 is 0 Å². The van der Waals surface area contributed by atoms with Crippen LogP contribution in [0, 0.1) is 5.82 Å². The molecule has 0 spiro atoms. The van der Waals surface area contributed by atoms with Crippen LogP contribution in [0.3, 0.4) is 0 Å². The highest BCUT2D eigenvalue weighted by molar-refractivity contribution is 5.77. The molecule has 0 aliphatic carbocycles. The summed E-state index contributed by atoms with van der Waals surface area (Å²) in [5.41, 5.74) is 0.779. The van der Waals surface area contributed by atoms with Gasteiger partial charge in [-0.15, -0.1) is 0 Å². The SMILES string of the molecule is Fc1ccc2oc(CN3CCCCCC3)cc2c1. The van der Waals surface area contributed by atoms with Gasteiger partial charge in [0.25, 0.3) is 0 Å². The molecule has 0 amide bonds. The predicted octanol–water partition coefficient (Wildman–Crippen LogP) is 3.95. The Morgan fingerprint density at radius 3 is 2.61 bits per heavy atom. The largest absolute Gasteiger partial charge is 0.460 e. The van der Waals surface area contributed by atoms with Gasteiger partial charge in [0.05, 0.1) is 6.54 Å². The van der Waals surface area contributed by atoms with E-state index < -0.39 is 0 Å². The van der Waals surface area contributed by atoms with E-state index in [1.807, 2.05) is 6.07 Å². The van der Waals surface area contributed by atoms with Crippen molar-refractivity contribution in [1.82, 2.24) is 4.90 Å². The predicted molar refractivity (Wildman–Crippen MR) is 69.9 cm³/mol. The number of benzene rings is 1. The van der Waals surface area contributed by atoms with Gasteiger partial charge in [-0.3, -0.25) is 4.90 Å². The minimum absolute atomic E-state index is 0.204. The van der Waals surface area contributed by atoms with E-state index in [1.54, 1.807) is 6.07 Å². The summed E-state index contributed by atoms with van der Waals surface area (Å²) in [6, 6.07) is 6.65. The maximum atomic E-state index is 13.1. The van der Waals surface area contributed by atoms with Gasteiger partial charge in [-0.25, -0.2) is 4.39 Å². The Kier molecular flexibility index (Phi) is 3.33. The molecular weight excluding hydrogens is 229 g/mol. The maximum Gasteiger partial charge on any atom is 0.134 e. The molecule has 1 saturated heterocycles. The summed E-state index contributed by atoms with van der Waals surface area (Å²) in [7, 11) is 0. The molecule has 0 unspecified atom stereocenters. The lowest BCUT2D eigenvalue weighted by atomic mass is 10.2. The molecule has 2 heterocycles. The van der Waals surface area contributed by atoms with Crippen LogP contribution in [0.1, 0.15) is 31.4 Å². The number of likely N-dealkylation sites (tertiary alicyclic amines) is 1. The van der Waals surface area contributed by atoms with Crippen LogP contribution in [-0.4, -0.2) is 18.0 Å². The summed E-state index contributed by atoms with van der Waals surface area (Å²) in [6.07, 6.45) is 5.22. The molecule has 3 rings (SSSR count). The highest BCUT2D eigenvalue weighted by Gasteiger charge is 2.12. The molecule has 1 aliphatic heterocycles. The first-order chi connectivity index (χ1) is 8.81. The third-order valence-electron chi connectivity index (χ3n) is 3.61. The molecule has 0 N–H and O–H groups in total. The number of fused-ring (bicyclic) bond motifs is 1. The van der Waals surface area contributed by atoms with E-state index in [-0.39, 0.29) is 5.82 Å². The molecule has 0 atom stereocenters. The lowest BCUT2D eigenvalue weighted by molar-refractivity contribution is 0.256. The molecule has 1 aromatic heterocycles. The number of hydrogen-bond donors (Lipinski definition) is 0. The average Bonchev–Trinajstić information content (AvgIpc) is 2.57. The van der Waals surface area contributed by atoms with Gasteiger partial charge in [0, 0.05) is 5.39 Å². The van der Waals surface area contributed by atoms with Gasteiger partial charge in [0.1, 0.15) is 17.2 Å². The zero-order valence-corrected chi connectivity index (χ0v) is 10.5. The summed E-state index contributed by atoms with van der Waals surface area (Å²) in [5.74, 6) is 0.738. The lowest BCUT2D eigenvalue weighted by Gasteiger charge is -2.17. The Bertz CT molecular complexity index is 526. The zero-order chi connectivity index (χ0) is 12.4. The topological polar surface area (TPSA) is 16.4 Å². The van der Waals surface area contributed by atoms with Crippen LogP contribution in [0.15, 0.2) is 28.7 Å². The second-order valence-corrected chi connectivity index (χ2v) is 5.09. The van der Waals surface area contributed by atoms with Crippen molar-refractivity contribution < 1.29 is 8.81 Å². The molecule has 96 valence electrons. The molecular formula is C15H18FNO. The van der Waals surface area contributed by atoms with Crippen LogP contribution in [0.25, 0.3) is 11.0 Å². The Morgan fingerprint density at radius 2 is 1.83 bits per heavy atom. The summed E-state index contributed by atoms with van der Waals surface area (Å²) < 4.78 is 18.9. The van der Waals surface area contributed by atoms with Gasteiger partial charge in [0.2, 0.25) is 0 Å². The quantitative estimate of drug-likeness (QED) is 0.799. The summed E-state index contributed by atoms with van der Waals surface area (Å²) in [4.78, 5) is 2.43. The van der Waals surface area contributed by atoms with E-state index in [2.05, 4.69) is 4.90 Å². The molecule has 2 aromatic rings. The van der Waals surface area contributed by atoms with Crippen molar-refractivity contribution in [1.29, 1.82) is 0 Å². The molecule has 1 aromatic carbocycles. The lowest BCUT2D eigenvalue weighted by Crippen LogP contribution is -2.23. The van der Waals surface area contributed by atoms with Gasteiger partial charge in [-0.05, 0) is 50.2 Å². The van der Waals surface area contributed by atoms with Gasteiger partial charge in [0.15, 0.2) is 0 Å². The van der Waals surface area contributed by atoms with Gasteiger partial charge in [-0.2, -0.15) is 0 Å². The number of hydrogen-bond acceptors (Lipinski definition) is 2. The second-order valence-electron chi connectivity index (χ2n) is 5.09. The third kappa shape index (κ3) is 2.56. The first-order valence-electron chi connectivity index (χ1n) is 6.71. The van der Waals surface area contributed by atoms with E-state index in [1.165, 1.54) is 37.8 Å². The van der Waals surface area contributed by atoms with Gasteiger partial charge >= 0.3 is 0 Å². The summed E-state index contributed by atoms with van der Waals surface area (Å²) >= 11 is 0. The number of furan rings is 1. The van der Waals surface area contributed by atoms with Crippen LogP contribution < -0.4 is 0 Å². The van der Waals surface area contributed by atoms with Crippen molar-refractivity contribution >= 4 is 11.0 Å².